The fourth-order valence-electron chi connectivity index (χ4n) is 6.25. The first-order chi connectivity index (χ1) is 19.2. The predicted octanol–water partition coefficient (Wildman–Crippen LogP) is 6.03. The molecule has 8 heteroatoms. The zero-order valence-electron chi connectivity index (χ0n) is 23.6. The second-order valence-corrected chi connectivity index (χ2v) is 12.2. The van der Waals surface area contributed by atoms with Gasteiger partial charge in [0.2, 0.25) is 0 Å². The van der Waals surface area contributed by atoms with E-state index in [9.17, 15) is 5.11 Å². The SMILES string of the molecule is C/C(=C\C(O)=C/c1ccccc1C)c1c(Cl)cc2c(N3CC4CCC(C3)N4)cc(N3CC(N(C)C)C3)nc2c1F. The van der Waals surface area contributed by atoms with Crippen molar-refractivity contribution < 1.29 is 9.50 Å². The standard InChI is InChI=1S/C32H37ClFN5O/c1-19-7-5-6-8-21(19)12-25(40)11-20(2)30-27(33)13-26-28(38-15-22-9-10-23(16-38)35-22)14-29(36-32(26)31(30)34)39-17-24(18-39)37(3)4/h5-8,11-14,22-24,35,40H,9-10,15-18H2,1-4H3/b20-11+,25-12+. The molecule has 2 atom stereocenters. The lowest BCUT2D eigenvalue weighted by atomic mass is 10.0. The highest BCUT2D eigenvalue weighted by molar-refractivity contribution is 6.33. The van der Waals surface area contributed by atoms with Crippen LogP contribution < -0.4 is 15.1 Å². The summed E-state index contributed by atoms with van der Waals surface area (Å²) in [5, 5.41) is 15.5. The molecule has 6 rings (SSSR count). The Morgan fingerprint density at radius 1 is 1.10 bits per heavy atom. The van der Waals surface area contributed by atoms with Crippen LogP contribution >= 0.6 is 11.6 Å². The first kappa shape index (κ1) is 27.1. The van der Waals surface area contributed by atoms with Gasteiger partial charge in [0.1, 0.15) is 17.1 Å². The molecule has 2 bridgehead atoms. The molecule has 210 valence electrons. The van der Waals surface area contributed by atoms with Crippen LogP contribution in [0.4, 0.5) is 15.9 Å². The number of aromatic nitrogens is 1. The molecular weight excluding hydrogens is 525 g/mol. The summed E-state index contributed by atoms with van der Waals surface area (Å²) in [6.45, 7) is 7.24. The van der Waals surface area contributed by atoms with Crippen molar-refractivity contribution in [1.82, 2.24) is 15.2 Å². The van der Waals surface area contributed by atoms with Crippen LogP contribution in [-0.4, -0.2) is 73.4 Å². The lowest BCUT2D eigenvalue weighted by Gasteiger charge is -2.44. The van der Waals surface area contributed by atoms with E-state index in [1.54, 1.807) is 19.1 Å². The molecule has 2 aromatic carbocycles. The summed E-state index contributed by atoms with van der Waals surface area (Å²) >= 11 is 6.79. The van der Waals surface area contributed by atoms with Crippen molar-refractivity contribution in [1.29, 1.82) is 0 Å². The van der Waals surface area contributed by atoms with Gasteiger partial charge in [-0.2, -0.15) is 0 Å². The maximum atomic E-state index is 16.5. The first-order valence-electron chi connectivity index (χ1n) is 14.1. The van der Waals surface area contributed by atoms with Crippen LogP contribution in [0.15, 0.2) is 48.2 Å². The molecule has 2 unspecified atom stereocenters. The van der Waals surface area contributed by atoms with Crippen molar-refractivity contribution in [2.75, 3.05) is 50.1 Å². The Morgan fingerprint density at radius 2 is 1.80 bits per heavy atom. The quantitative estimate of drug-likeness (QED) is 0.283. The number of hydrogen-bond acceptors (Lipinski definition) is 6. The topological polar surface area (TPSA) is 54.9 Å². The Hall–Kier alpha value is -3.13. The number of nitrogens with zero attached hydrogens (tertiary/aromatic N) is 4. The molecule has 3 saturated heterocycles. The van der Waals surface area contributed by atoms with Crippen LogP contribution in [0.5, 0.6) is 0 Å². The second-order valence-electron chi connectivity index (χ2n) is 11.8. The summed E-state index contributed by atoms with van der Waals surface area (Å²) in [4.78, 5) is 11.7. The van der Waals surface area contributed by atoms with E-state index in [0.717, 1.165) is 67.0 Å². The Bertz CT molecular complexity index is 1500. The molecule has 3 aliphatic heterocycles. The van der Waals surface area contributed by atoms with Gasteiger partial charge in [-0.05, 0) is 75.7 Å². The lowest BCUT2D eigenvalue weighted by Crippen LogP contribution is -2.57. The summed E-state index contributed by atoms with van der Waals surface area (Å²) in [5.41, 5.74) is 4.06. The number of fused-ring (bicyclic) bond motifs is 3. The highest BCUT2D eigenvalue weighted by atomic mass is 35.5. The average molecular weight is 562 g/mol. The fourth-order valence-corrected chi connectivity index (χ4v) is 6.59. The Balaban J connectivity index is 1.43. The molecule has 2 N–H and O–H groups in total. The van der Waals surface area contributed by atoms with Gasteiger partial charge in [0.05, 0.1) is 10.7 Å². The minimum Gasteiger partial charge on any atom is -0.508 e. The second kappa shape index (κ2) is 10.7. The number of aryl methyl sites for hydroxylation is 1. The summed E-state index contributed by atoms with van der Waals surface area (Å²) < 4.78 is 16.5. The highest BCUT2D eigenvalue weighted by Gasteiger charge is 2.35. The molecule has 0 radical (unpaired) electrons. The van der Waals surface area contributed by atoms with Gasteiger partial charge in [-0.1, -0.05) is 35.9 Å². The van der Waals surface area contributed by atoms with Crippen molar-refractivity contribution >= 4 is 45.7 Å². The Labute approximate surface area is 240 Å². The number of hydrogen-bond donors (Lipinski definition) is 2. The molecule has 3 aliphatic rings. The van der Waals surface area contributed by atoms with E-state index in [4.69, 9.17) is 16.6 Å². The van der Waals surface area contributed by atoms with Gasteiger partial charge in [0.25, 0.3) is 0 Å². The van der Waals surface area contributed by atoms with Crippen LogP contribution in [0.3, 0.4) is 0 Å². The number of aliphatic hydroxyl groups is 1. The van der Waals surface area contributed by atoms with Gasteiger partial charge in [-0.25, -0.2) is 9.37 Å². The molecule has 4 heterocycles. The number of likely N-dealkylation sites (N-methyl/N-ethyl adjacent to an activating group) is 1. The van der Waals surface area contributed by atoms with Gasteiger partial charge >= 0.3 is 0 Å². The average Bonchev–Trinajstić information content (AvgIpc) is 3.21. The normalized spacial score (nSPS) is 22.0. The number of nitrogens with one attached hydrogen (secondary N) is 1. The maximum Gasteiger partial charge on any atom is 0.158 e. The van der Waals surface area contributed by atoms with Crippen molar-refractivity contribution in [3.05, 3.63) is 75.8 Å². The number of rotatable bonds is 6. The van der Waals surface area contributed by atoms with Crippen LogP contribution in [0.2, 0.25) is 5.02 Å². The third-order valence-electron chi connectivity index (χ3n) is 8.68. The Morgan fingerprint density at radius 3 is 2.48 bits per heavy atom. The van der Waals surface area contributed by atoms with Gasteiger partial charge < -0.3 is 25.1 Å². The highest BCUT2D eigenvalue weighted by Crippen LogP contribution is 2.40. The maximum absolute atomic E-state index is 16.5. The summed E-state index contributed by atoms with van der Waals surface area (Å²) in [6.07, 6.45) is 5.58. The summed E-state index contributed by atoms with van der Waals surface area (Å²) in [5.74, 6) is 0.379. The van der Waals surface area contributed by atoms with Gasteiger partial charge in [-0.15, -0.1) is 0 Å². The van der Waals surface area contributed by atoms with E-state index in [1.807, 2.05) is 37.3 Å². The number of piperazine rings is 1. The third kappa shape index (κ3) is 5.06. The van der Waals surface area contributed by atoms with Gasteiger partial charge in [-0.3, -0.25) is 0 Å². The van der Waals surface area contributed by atoms with Gasteiger partial charge in [0.15, 0.2) is 5.82 Å². The van der Waals surface area contributed by atoms with Crippen LogP contribution in [0.25, 0.3) is 22.6 Å². The molecular formula is C32H37ClFN5O. The van der Waals surface area contributed by atoms with E-state index in [-0.39, 0.29) is 11.3 Å². The van der Waals surface area contributed by atoms with Crippen molar-refractivity contribution in [3.63, 3.8) is 0 Å². The van der Waals surface area contributed by atoms with Crippen LogP contribution in [0.1, 0.15) is 36.5 Å². The molecule has 0 aliphatic carbocycles. The smallest absolute Gasteiger partial charge is 0.158 e. The van der Waals surface area contributed by atoms with Crippen LogP contribution in [-0.2, 0) is 0 Å². The summed E-state index contributed by atoms with van der Waals surface area (Å²) in [6, 6.07) is 13.1. The molecule has 6 nitrogen and oxygen atoms in total. The van der Waals surface area contributed by atoms with E-state index < -0.39 is 5.82 Å². The van der Waals surface area contributed by atoms with E-state index >= 15 is 4.39 Å². The zero-order valence-corrected chi connectivity index (χ0v) is 24.3. The molecule has 3 fully saturated rings. The van der Waals surface area contributed by atoms with Gasteiger partial charge in [0, 0.05) is 61.3 Å². The number of allylic oxidation sites excluding steroid dienone is 2. The first-order valence-corrected chi connectivity index (χ1v) is 14.5. The molecule has 0 saturated carbocycles. The van der Waals surface area contributed by atoms with Crippen molar-refractivity contribution in [2.45, 2.75) is 44.8 Å². The zero-order chi connectivity index (χ0) is 28.1. The molecule has 0 spiro atoms. The number of halogens is 2. The van der Waals surface area contributed by atoms with E-state index in [2.05, 4.69) is 40.2 Å². The molecule has 40 heavy (non-hydrogen) atoms. The number of aliphatic hydroxyl groups excluding tert-OH is 1. The number of benzene rings is 2. The van der Waals surface area contributed by atoms with E-state index in [1.165, 1.54) is 0 Å². The largest absolute Gasteiger partial charge is 0.508 e. The minimum atomic E-state index is -0.453. The van der Waals surface area contributed by atoms with Crippen molar-refractivity contribution in [3.8, 4) is 0 Å². The van der Waals surface area contributed by atoms with Crippen molar-refractivity contribution in [2.24, 2.45) is 0 Å². The number of pyridine rings is 1. The molecule has 3 aromatic rings. The predicted molar refractivity (Wildman–Crippen MR) is 164 cm³/mol. The minimum absolute atomic E-state index is 0.0383. The monoisotopic (exact) mass is 561 g/mol. The molecule has 0 amide bonds. The third-order valence-corrected chi connectivity index (χ3v) is 8.98. The summed E-state index contributed by atoms with van der Waals surface area (Å²) in [7, 11) is 4.17. The van der Waals surface area contributed by atoms with Crippen LogP contribution in [0, 0.1) is 12.7 Å². The Kier molecular flexibility index (Phi) is 7.23. The number of anilines is 2. The molecule has 1 aromatic heterocycles. The fraction of sp³-hybridized carbons (Fsp3) is 0.406. The van der Waals surface area contributed by atoms with E-state index in [0.29, 0.717) is 34.2 Å². The lowest BCUT2D eigenvalue weighted by molar-refractivity contribution is 0.246.